The molecule has 1 atom stereocenters. The molecular weight excluding hydrogens is 226 g/mol. The van der Waals surface area contributed by atoms with Crippen molar-refractivity contribution in [2.45, 2.75) is 84.2 Å². The minimum atomic E-state index is -0.0764. The summed E-state index contributed by atoms with van der Waals surface area (Å²) in [5.74, 6) is -0.0764. The van der Waals surface area contributed by atoms with E-state index in [1.807, 2.05) is 0 Å². The minimum absolute atomic E-state index is 0.0764. The molecule has 0 aromatic rings. The Morgan fingerprint density at radius 1 is 1.00 bits per heavy atom. The number of ether oxygens (including phenoxy) is 1. The lowest BCUT2D eigenvalue weighted by Crippen LogP contribution is -2.18. The second-order valence-electron chi connectivity index (χ2n) is 5.00. The predicted molar refractivity (Wildman–Crippen MR) is 76.5 cm³/mol. The van der Waals surface area contributed by atoms with Crippen LogP contribution in [-0.2, 0) is 9.53 Å². The van der Waals surface area contributed by atoms with Crippen molar-refractivity contribution in [1.29, 1.82) is 0 Å². The summed E-state index contributed by atoms with van der Waals surface area (Å²) in [4.78, 5) is 11.5. The summed E-state index contributed by atoms with van der Waals surface area (Å²) in [6, 6.07) is 0. The normalized spacial score (nSPS) is 12.4. The van der Waals surface area contributed by atoms with Gasteiger partial charge in [-0.2, -0.15) is 0 Å². The average molecular weight is 257 g/mol. The summed E-state index contributed by atoms with van der Waals surface area (Å²) in [5.41, 5.74) is 5.39. The van der Waals surface area contributed by atoms with Crippen molar-refractivity contribution < 1.29 is 9.53 Å². The van der Waals surface area contributed by atoms with Gasteiger partial charge in [-0.25, -0.2) is 0 Å². The molecule has 0 rings (SSSR count). The quantitative estimate of drug-likeness (QED) is 0.427. The van der Waals surface area contributed by atoms with Gasteiger partial charge in [0.05, 0.1) is 0 Å². The smallest absolute Gasteiger partial charge is 0.306 e. The highest BCUT2D eigenvalue weighted by molar-refractivity contribution is 5.69. The zero-order valence-electron chi connectivity index (χ0n) is 12.2. The first kappa shape index (κ1) is 17.4. The summed E-state index contributed by atoms with van der Waals surface area (Å²) < 4.78 is 5.51. The van der Waals surface area contributed by atoms with Crippen LogP contribution in [0.3, 0.4) is 0 Å². The molecule has 108 valence electrons. The van der Waals surface area contributed by atoms with E-state index >= 15 is 0 Å². The number of hydrogen-bond donors (Lipinski definition) is 1. The van der Waals surface area contributed by atoms with Crippen LogP contribution in [0.4, 0.5) is 0 Å². The van der Waals surface area contributed by atoms with Crippen molar-refractivity contribution >= 4 is 5.97 Å². The van der Waals surface area contributed by atoms with Crippen molar-refractivity contribution in [2.75, 3.05) is 6.54 Å². The van der Waals surface area contributed by atoms with Gasteiger partial charge in [0.1, 0.15) is 6.10 Å². The molecule has 0 saturated heterocycles. The lowest BCUT2D eigenvalue weighted by Gasteiger charge is -2.17. The Balaban J connectivity index is 3.73. The second-order valence-corrected chi connectivity index (χ2v) is 5.00. The fourth-order valence-corrected chi connectivity index (χ4v) is 2.05. The third-order valence-corrected chi connectivity index (χ3v) is 3.12. The van der Waals surface area contributed by atoms with Crippen molar-refractivity contribution in [3.05, 3.63) is 0 Å². The van der Waals surface area contributed by atoms with Gasteiger partial charge in [-0.1, -0.05) is 46.0 Å². The van der Waals surface area contributed by atoms with Gasteiger partial charge in [-0.15, -0.1) is 0 Å². The molecule has 0 aliphatic rings. The number of rotatable bonds is 12. The fraction of sp³-hybridized carbons (Fsp3) is 0.933. The highest BCUT2D eigenvalue weighted by Crippen LogP contribution is 2.14. The molecule has 2 N–H and O–H groups in total. The van der Waals surface area contributed by atoms with E-state index in [0.717, 1.165) is 25.7 Å². The SMILES string of the molecule is CCCCCCCC(CCC)OC(=O)CCCN. The van der Waals surface area contributed by atoms with Gasteiger partial charge >= 0.3 is 5.97 Å². The van der Waals surface area contributed by atoms with Gasteiger partial charge in [-0.3, -0.25) is 4.79 Å². The second kappa shape index (κ2) is 12.9. The number of unbranched alkanes of at least 4 members (excludes halogenated alkanes) is 4. The molecular formula is C15H31NO2. The molecule has 0 bridgehead atoms. The zero-order valence-corrected chi connectivity index (χ0v) is 12.2. The van der Waals surface area contributed by atoms with Gasteiger partial charge in [0, 0.05) is 6.42 Å². The van der Waals surface area contributed by atoms with Gasteiger partial charge in [-0.05, 0) is 32.2 Å². The number of nitrogens with two attached hydrogens (primary N) is 1. The monoisotopic (exact) mass is 257 g/mol. The fourth-order valence-electron chi connectivity index (χ4n) is 2.05. The van der Waals surface area contributed by atoms with E-state index in [1.165, 1.54) is 32.1 Å². The molecule has 1 unspecified atom stereocenters. The van der Waals surface area contributed by atoms with Crippen LogP contribution in [0.2, 0.25) is 0 Å². The van der Waals surface area contributed by atoms with E-state index in [-0.39, 0.29) is 12.1 Å². The molecule has 3 nitrogen and oxygen atoms in total. The molecule has 0 aliphatic carbocycles. The van der Waals surface area contributed by atoms with Gasteiger partial charge in [0.25, 0.3) is 0 Å². The highest BCUT2D eigenvalue weighted by atomic mass is 16.5. The summed E-state index contributed by atoms with van der Waals surface area (Å²) in [5, 5.41) is 0. The van der Waals surface area contributed by atoms with E-state index in [0.29, 0.717) is 13.0 Å². The number of carbonyl (C=O) groups is 1. The Labute approximate surface area is 112 Å². The molecule has 18 heavy (non-hydrogen) atoms. The van der Waals surface area contributed by atoms with Gasteiger partial charge < -0.3 is 10.5 Å². The lowest BCUT2D eigenvalue weighted by atomic mass is 10.0. The van der Waals surface area contributed by atoms with Crippen molar-refractivity contribution in [1.82, 2.24) is 0 Å². The number of esters is 1. The summed E-state index contributed by atoms with van der Waals surface area (Å²) >= 11 is 0. The molecule has 0 aromatic carbocycles. The van der Waals surface area contributed by atoms with Crippen LogP contribution in [-0.4, -0.2) is 18.6 Å². The third-order valence-electron chi connectivity index (χ3n) is 3.12. The Hall–Kier alpha value is -0.570. The van der Waals surface area contributed by atoms with Crippen LogP contribution in [0.1, 0.15) is 78.1 Å². The van der Waals surface area contributed by atoms with E-state index in [1.54, 1.807) is 0 Å². The molecule has 3 heteroatoms. The topological polar surface area (TPSA) is 52.3 Å². The molecule has 0 saturated carbocycles. The zero-order chi connectivity index (χ0) is 13.6. The highest BCUT2D eigenvalue weighted by Gasteiger charge is 2.12. The Bertz CT molecular complexity index is 195. The van der Waals surface area contributed by atoms with Crippen LogP contribution < -0.4 is 5.73 Å². The van der Waals surface area contributed by atoms with Crippen LogP contribution in [0.5, 0.6) is 0 Å². The first-order valence-electron chi connectivity index (χ1n) is 7.64. The van der Waals surface area contributed by atoms with Crippen molar-refractivity contribution in [3.8, 4) is 0 Å². The third kappa shape index (κ3) is 10.6. The molecule has 0 amide bonds. The summed E-state index contributed by atoms with van der Waals surface area (Å²) in [6.45, 7) is 4.92. The molecule has 0 radical (unpaired) electrons. The Morgan fingerprint density at radius 3 is 2.33 bits per heavy atom. The van der Waals surface area contributed by atoms with E-state index < -0.39 is 0 Å². The Kier molecular flexibility index (Phi) is 12.5. The molecule has 0 spiro atoms. The molecule has 0 fully saturated rings. The first-order valence-corrected chi connectivity index (χ1v) is 7.64. The maximum Gasteiger partial charge on any atom is 0.306 e. The maximum atomic E-state index is 11.5. The molecule has 0 heterocycles. The Morgan fingerprint density at radius 2 is 1.72 bits per heavy atom. The molecule has 0 aliphatic heterocycles. The van der Waals surface area contributed by atoms with Gasteiger partial charge in [0.2, 0.25) is 0 Å². The van der Waals surface area contributed by atoms with E-state index in [2.05, 4.69) is 13.8 Å². The van der Waals surface area contributed by atoms with Gasteiger partial charge in [0.15, 0.2) is 0 Å². The number of hydrogen-bond acceptors (Lipinski definition) is 3. The van der Waals surface area contributed by atoms with E-state index in [9.17, 15) is 4.79 Å². The van der Waals surface area contributed by atoms with Crippen LogP contribution in [0.25, 0.3) is 0 Å². The first-order chi connectivity index (χ1) is 8.74. The van der Waals surface area contributed by atoms with Crippen molar-refractivity contribution in [2.24, 2.45) is 5.73 Å². The minimum Gasteiger partial charge on any atom is -0.462 e. The van der Waals surface area contributed by atoms with Crippen LogP contribution in [0, 0.1) is 0 Å². The largest absolute Gasteiger partial charge is 0.462 e. The van der Waals surface area contributed by atoms with E-state index in [4.69, 9.17) is 10.5 Å². The number of carbonyl (C=O) groups excluding carboxylic acids is 1. The lowest BCUT2D eigenvalue weighted by molar-refractivity contribution is -0.149. The van der Waals surface area contributed by atoms with Crippen molar-refractivity contribution in [3.63, 3.8) is 0 Å². The average Bonchev–Trinajstić information content (AvgIpc) is 2.36. The summed E-state index contributed by atoms with van der Waals surface area (Å²) in [6.07, 6.45) is 10.7. The van der Waals surface area contributed by atoms with Crippen LogP contribution >= 0.6 is 0 Å². The standard InChI is InChI=1S/C15H31NO2/c1-3-5-6-7-8-11-14(10-4-2)18-15(17)12-9-13-16/h14H,3-13,16H2,1-2H3. The predicted octanol–water partition coefficient (Wildman–Crippen LogP) is 3.80. The molecule has 0 aromatic heterocycles. The maximum absolute atomic E-state index is 11.5. The van der Waals surface area contributed by atoms with Crippen LogP contribution in [0.15, 0.2) is 0 Å². The summed E-state index contributed by atoms with van der Waals surface area (Å²) in [7, 11) is 0.